The van der Waals surface area contributed by atoms with Gasteiger partial charge in [-0.3, -0.25) is 14.5 Å². The van der Waals surface area contributed by atoms with Gasteiger partial charge >= 0.3 is 12.0 Å². The smallest absolute Gasteiger partial charge is 0.321 e. The molecule has 3 amide bonds. The van der Waals surface area contributed by atoms with Crippen molar-refractivity contribution < 1.29 is 23.9 Å². The van der Waals surface area contributed by atoms with E-state index in [1.807, 2.05) is 0 Å². The molecule has 1 aliphatic rings. The molecule has 7 nitrogen and oxygen atoms in total. The molecule has 1 saturated heterocycles. The Bertz CT molecular complexity index is 841. The quantitative estimate of drug-likeness (QED) is 0.720. The average Bonchev–Trinajstić information content (AvgIpc) is 3.26. The number of halogens is 1. The van der Waals surface area contributed by atoms with Crippen molar-refractivity contribution >= 4 is 34.9 Å². The van der Waals surface area contributed by atoms with Crippen LogP contribution >= 0.6 is 11.3 Å². The molecule has 1 aromatic carbocycles. The minimum atomic E-state index is -1.08. The summed E-state index contributed by atoms with van der Waals surface area (Å²) in [7, 11) is 0. The Morgan fingerprint density at radius 1 is 1.38 bits per heavy atom. The van der Waals surface area contributed by atoms with Gasteiger partial charge in [-0.05, 0) is 29.6 Å². The zero-order valence-corrected chi connectivity index (χ0v) is 14.4. The highest BCUT2D eigenvalue weighted by atomic mass is 32.1. The number of thiophene rings is 1. The number of carbonyl (C=O) groups is 3. The zero-order valence-electron chi connectivity index (χ0n) is 13.6. The van der Waals surface area contributed by atoms with Gasteiger partial charge in [-0.1, -0.05) is 6.07 Å². The van der Waals surface area contributed by atoms with Gasteiger partial charge in [-0.2, -0.15) is 0 Å². The highest BCUT2D eigenvalue weighted by molar-refractivity contribution is 7.10. The molecule has 3 rings (SSSR count). The first-order chi connectivity index (χ1) is 12.5. The summed E-state index contributed by atoms with van der Waals surface area (Å²) < 4.78 is 14.2. The van der Waals surface area contributed by atoms with E-state index in [-0.39, 0.29) is 18.0 Å². The molecule has 1 atom stereocenters. The average molecular weight is 377 g/mol. The predicted molar refractivity (Wildman–Crippen MR) is 93.9 cm³/mol. The monoisotopic (exact) mass is 377 g/mol. The van der Waals surface area contributed by atoms with Gasteiger partial charge in [0.1, 0.15) is 5.82 Å². The Kier molecular flexibility index (Phi) is 5.17. The molecule has 1 aromatic heterocycles. The molecule has 1 aliphatic heterocycles. The number of carboxylic acids is 1. The van der Waals surface area contributed by atoms with Gasteiger partial charge in [-0.25, -0.2) is 9.18 Å². The van der Waals surface area contributed by atoms with E-state index < -0.39 is 23.7 Å². The first-order valence-corrected chi connectivity index (χ1v) is 8.74. The molecule has 0 bridgehead atoms. The third-order valence-corrected chi connectivity index (χ3v) is 4.92. The maximum atomic E-state index is 14.2. The van der Waals surface area contributed by atoms with Crippen LogP contribution < -0.4 is 15.5 Å². The number of urea groups is 1. The van der Waals surface area contributed by atoms with E-state index in [2.05, 4.69) is 10.6 Å². The minimum absolute atomic E-state index is 0.242. The molecule has 26 heavy (non-hydrogen) atoms. The number of amides is 3. The molecule has 9 heteroatoms. The Hall–Kier alpha value is -2.94. The number of carboxylic acid groups (broad SMARTS) is 1. The first kappa shape index (κ1) is 17.9. The van der Waals surface area contributed by atoms with Crippen LogP contribution in [0.4, 0.5) is 14.9 Å². The fraction of sp³-hybridized carbons (Fsp3) is 0.235. The summed E-state index contributed by atoms with van der Waals surface area (Å²) in [5.74, 6) is -2.55. The largest absolute Gasteiger partial charge is 0.481 e. The van der Waals surface area contributed by atoms with Gasteiger partial charge in [0.2, 0.25) is 0 Å². The van der Waals surface area contributed by atoms with E-state index >= 15 is 0 Å². The number of nitrogens with one attached hydrogen (secondary N) is 2. The van der Waals surface area contributed by atoms with E-state index in [9.17, 15) is 18.8 Å². The van der Waals surface area contributed by atoms with Gasteiger partial charge in [0, 0.05) is 23.7 Å². The van der Waals surface area contributed by atoms with Gasteiger partial charge in [0.05, 0.1) is 18.0 Å². The summed E-state index contributed by atoms with van der Waals surface area (Å²) in [6.45, 7) is 0.888. The van der Waals surface area contributed by atoms with Crippen LogP contribution in [0.3, 0.4) is 0 Å². The third kappa shape index (κ3) is 3.83. The second-order valence-corrected chi connectivity index (χ2v) is 6.67. The van der Waals surface area contributed by atoms with Crippen molar-refractivity contribution in [2.75, 3.05) is 18.0 Å². The van der Waals surface area contributed by atoms with Crippen LogP contribution in [0.15, 0.2) is 35.7 Å². The number of rotatable bonds is 6. The maximum Gasteiger partial charge on any atom is 0.321 e. The number of benzene rings is 1. The lowest BCUT2D eigenvalue weighted by Gasteiger charge is -2.18. The molecule has 2 heterocycles. The van der Waals surface area contributed by atoms with E-state index in [4.69, 9.17) is 5.11 Å². The lowest BCUT2D eigenvalue weighted by atomic mass is 10.1. The van der Waals surface area contributed by atoms with E-state index in [1.54, 1.807) is 17.5 Å². The summed E-state index contributed by atoms with van der Waals surface area (Å²) in [4.78, 5) is 37.4. The molecule has 0 radical (unpaired) electrons. The number of hydrogen-bond donors (Lipinski definition) is 3. The van der Waals surface area contributed by atoms with Crippen LogP contribution in [-0.2, 0) is 4.79 Å². The van der Waals surface area contributed by atoms with Crippen molar-refractivity contribution in [2.24, 2.45) is 0 Å². The third-order valence-electron chi connectivity index (χ3n) is 3.93. The van der Waals surface area contributed by atoms with Crippen LogP contribution in [0.5, 0.6) is 0 Å². The Labute approximate surface area is 152 Å². The topological polar surface area (TPSA) is 98.7 Å². The Balaban J connectivity index is 1.84. The molecular formula is C17H16FN3O4S. The van der Waals surface area contributed by atoms with E-state index in [1.165, 1.54) is 28.4 Å². The molecule has 2 aromatic rings. The molecule has 0 spiro atoms. The second kappa shape index (κ2) is 7.52. The fourth-order valence-electron chi connectivity index (χ4n) is 2.70. The molecule has 0 saturated carbocycles. The summed E-state index contributed by atoms with van der Waals surface area (Å²) in [6, 6.07) is 6.21. The zero-order chi connectivity index (χ0) is 18.7. The van der Waals surface area contributed by atoms with Crippen molar-refractivity contribution in [3.63, 3.8) is 0 Å². The van der Waals surface area contributed by atoms with E-state index in [0.29, 0.717) is 23.7 Å². The van der Waals surface area contributed by atoms with Crippen LogP contribution in [0.2, 0.25) is 0 Å². The van der Waals surface area contributed by atoms with Crippen molar-refractivity contribution in [1.29, 1.82) is 0 Å². The van der Waals surface area contributed by atoms with Crippen molar-refractivity contribution in [3.05, 3.63) is 52.0 Å². The number of hydrogen-bond acceptors (Lipinski definition) is 4. The fourth-order valence-corrected chi connectivity index (χ4v) is 3.47. The molecule has 136 valence electrons. The van der Waals surface area contributed by atoms with Gasteiger partial charge in [0.25, 0.3) is 5.91 Å². The predicted octanol–water partition coefficient (Wildman–Crippen LogP) is 2.36. The normalized spacial score (nSPS) is 14.8. The van der Waals surface area contributed by atoms with Crippen molar-refractivity contribution in [3.8, 4) is 0 Å². The molecule has 3 N–H and O–H groups in total. The summed E-state index contributed by atoms with van der Waals surface area (Å²) in [5, 5.41) is 16.0. The van der Waals surface area contributed by atoms with Gasteiger partial charge < -0.3 is 15.7 Å². The first-order valence-electron chi connectivity index (χ1n) is 7.86. The summed E-state index contributed by atoms with van der Waals surface area (Å²) in [5.41, 5.74) is 0.159. The minimum Gasteiger partial charge on any atom is -0.481 e. The second-order valence-electron chi connectivity index (χ2n) is 5.69. The number of nitrogens with zero attached hydrogens (tertiary/aromatic N) is 1. The van der Waals surface area contributed by atoms with Gasteiger partial charge in [0.15, 0.2) is 0 Å². The van der Waals surface area contributed by atoms with Crippen LogP contribution in [0.1, 0.15) is 27.7 Å². The van der Waals surface area contributed by atoms with Crippen molar-refractivity contribution in [1.82, 2.24) is 10.6 Å². The summed E-state index contributed by atoms with van der Waals surface area (Å²) in [6.07, 6.45) is -0.317. The van der Waals surface area contributed by atoms with Crippen molar-refractivity contribution in [2.45, 2.75) is 12.5 Å². The maximum absolute atomic E-state index is 14.2. The molecule has 1 unspecified atom stereocenters. The highest BCUT2D eigenvalue weighted by Gasteiger charge is 2.25. The Morgan fingerprint density at radius 2 is 2.19 bits per heavy atom. The Morgan fingerprint density at radius 3 is 2.81 bits per heavy atom. The van der Waals surface area contributed by atoms with Crippen LogP contribution in [-0.4, -0.2) is 36.1 Å². The van der Waals surface area contributed by atoms with Gasteiger partial charge in [-0.15, -0.1) is 11.3 Å². The highest BCUT2D eigenvalue weighted by Crippen LogP contribution is 2.25. The van der Waals surface area contributed by atoms with E-state index in [0.717, 1.165) is 6.07 Å². The number of aliphatic carboxylic acids is 1. The molecule has 0 aliphatic carbocycles. The molecular weight excluding hydrogens is 361 g/mol. The number of anilines is 1. The lowest BCUT2D eigenvalue weighted by molar-refractivity contribution is -0.137. The standard InChI is InChI=1S/C17H16FN3O4S/c18-12-4-3-10(21-6-5-19-17(21)25)8-11(12)16(24)20-13(9-15(22)23)14-2-1-7-26-14/h1-4,7-8,13H,5-6,9H2,(H,19,25)(H,20,24)(H,22,23). The molecule has 1 fully saturated rings. The van der Waals surface area contributed by atoms with Crippen LogP contribution in [0, 0.1) is 5.82 Å². The summed E-state index contributed by atoms with van der Waals surface area (Å²) >= 11 is 1.31. The number of carbonyl (C=O) groups excluding carboxylic acids is 2. The van der Waals surface area contributed by atoms with Crippen LogP contribution in [0.25, 0.3) is 0 Å². The lowest BCUT2D eigenvalue weighted by Crippen LogP contribution is -2.31. The SMILES string of the molecule is O=C(O)CC(NC(=O)c1cc(N2CCNC2=O)ccc1F)c1cccs1.